The Morgan fingerprint density at radius 2 is 0.551 bits per heavy atom. The molecule has 6 heteroatoms. The summed E-state index contributed by atoms with van der Waals surface area (Å²) in [4.78, 5) is 38.0. The molecule has 0 aliphatic carbocycles. The van der Waals surface area contributed by atoms with Crippen molar-refractivity contribution in [2.45, 2.75) is 348 Å². The molecule has 0 rings (SSSR count). The van der Waals surface area contributed by atoms with Crippen molar-refractivity contribution in [1.82, 2.24) is 0 Å². The second kappa shape index (κ2) is 58.5. The Hall–Kier alpha value is -2.11. The molecule has 0 bridgehead atoms. The van der Waals surface area contributed by atoms with Gasteiger partial charge in [-0.2, -0.15) is 0 Å². The molecule has 69 heavy (non-hydrogen) atoms. The average Bonchev–Trinajstić information content (AvgIpc) is 3.35. The molecular formula is C63H118O6. The Bertz CT molecular complexity index is 1110. The minimum atomic E-state index is -0.773. The van der Waals surface area contributed by atoms with Gasteiger partial charge in [-0.3, -0.25) is 14.4 Å². The van der Waals surface area contributed by atoms with Crippen LogP contribution in [0.25, 0.3) is 0 Å². The lowest BCUT2D eigenvalue weighted by Gasteiger charge is -2.18. The minimum Gasteiger partial charge on any atom is -0.462 e. The highest BCUT2D eigenvalue weighted by Gasteiger charge is 2.19. The summed E-state index contributed by atoms with van der Waals surface area (Å²) in [7, 11) is 0. The number of unbranched alkanes of at least 4 members (excludes halogenated alkanes) is 42. The Labute approximate surface area is 430 Å². The molecule has 0 aliphatic rings. The van der Waals surface area contributed by atoms with E-state index < -0.39 is 6.10 Å². The van der Waals surface area contributed by atoms with E-state index in [1.54, 1.807) is 0 Å². The fraction of sp³-hybridized carbons (Fsp3) is 0.889. The van der Waals surface area contributed by atoms with Crippen molar-refractivity contribution >= 4 is 17.9 Å². The normalized spacial score (nSPS) is 12.1. The third-order valence-corrected chi connectivity index (χ3v) is 13.9. The first kappa shape index (κ1) is 66.9. The van der Waals surface area contributed by atoms with Gasteiger partial charge in [0.15, 0.2) is 6.10 Å². The van der Waals surface area contributed by atoms with Crippen molar-refractivity contribution in [3.05, 3.63) is 24.3 Å². The molecule has 0 aromatic carbocycles. The number of ether oxygens (including phenoxy) is 3. The van der Waals surface area contributed by atoms with Gasteiger partial charge in [0.05, 0.1) is 0 Å². The molecular weight excluding hydrogens is 853 g/mol. The van der Waals surface area contributed by atoms with E-state index in [9.17, 15) is 14.4 Å². The summed E-state index contributed by atoms with van der Waals surface area (Å²) >= 11 is 0. The summed E-state index contributed by atoms with van der Waals surface area (Å²) in [6, 6.07) is 0. The summed E-state index contributed by atoms with van der Waals surface area (Å²) in [5.74, 6) is -0.870. The van der Waals surface area contributed by atoms with Gasteiger partial charge in [0.25, 0.3) is 0 Å². The van der Waals surface area contributed by atoms with E-state index in [1.165, 1.54) is 212 Å². The molecule has 0 aromatic heterocycles. The molecule has 6 nitrogen and oxygen atoms in total. The van der Waals surface area contributed by atoms with Crippen LogP contribution in [-0.4, -0.2) is 37.2 Å². The lowest BCUT2D eigenvalue weighted by atomic mass is 10.0. The van der Waals surface area contributed by atoms with Crippen molar-refractivity contribution < 1.29 is 28.6 Å². The molecule has 0 saturated carbocycles. The monoisotopic (exact) mass is 971 g/mol. The Morgan fingerprint density at radius 1 is 0.290 bits per heavy atom. The largest absolute Gasteiger partial charge is 0.462 e. The van der Waals surface area contributed by atoms with E-state index in [0.29, 0.717) is 19.3 Å². The highest BCUT2D eigenvalue weighted by molar-refractivity contribution is 5.71. The van der Waals surface area contributed by atoms with Crippen LogP contribution in [0.1, 0.15) is 342 Å². The molecule has 0 aliphatic heterocycles. The second-order valence-corrected chi connectivity index (χ2v) is 21.0. The number of hydrogen-bond acceptors (Lipinski definition) is 6. The molecule has 0 saturated heterocycles. The maximum absolute atomic E-state index is 12.8. The van der Waals surface area contributed by atoms with Gasteiger partial charge in [-0.15, -0.1) is 0 Å². The molecule has 0 fully saturated rings. The fourth-order valence-electron chi connectivity index (χ4n) is 9.31. The summed E-state index contributed by atoms with van der Waals surface area (Å²) < 4.78 is 16.8. The SMILES string of the molecule is CCC/C=C\C/C=C\CCCCCCCC(=O)OC(COC(=O)CCCCCCCCCCC)COC(=O)CCCCCCCCCCCCCCCCCCCCCCCCCCCCCCC. The number of allylic oxidation sites excluding steroid dienone is 4. The third kappa shape index (κ3) is 56.7. The summed E-state index contributed by atoms with van der Waals surface area (Å²) in [5, 5.41) is 0. The van der Waals surface area contributed by atoms with Gasteiger partial charge in [0.2, 0.25) is 0 Å². The van der Waals surface area contributed by atoms with Gasteiger partial charge in [0, 0.05) is 19.3 Å². The first-order valence-corrected chi connectivity index (χ1v) is 30.8. The third-order valence-electron chi connectivity index (χ3n) is 13.9. The van der Waals surface area contributed by atoms with Crippen molar-refractivity contribution in [2.75, 3.05) is 13.2 Å². The van der Waals surface area contributed by atoms with Gasteiger partial charge in [-0.1, -0.05) is 302 Å². The number of esters is 3. The zero-order chi connectivity index (χ0) is 50.0. The van der Waals surface area contributed by atoms with E-state index in [2.05, 4.69) is 45.1 Å². The molecule has 0 heterocycles. The highest BCUT2D eigenvalue weighted by Crippen LogP contribution is 2.18. The first-order chi connectivity index (χ1) is 34.0. The fourth-order valence-corrected chi connectivity index (χ4v) is 9.31. The molecule has 0 aromatic rings. The Morgan fingerprint density at radius 3 is 0.855 bits per heavy atom. The second-order valence-electron chi connectivity index (χ2n) is 21.0. The van der Waals surface area contributed by atoms with Crippen LogP contribution >= 0.6 is 0 Å². The highest BCUT2D eigenvalue weighted by atomic mass is 16.6. The van der Waals surface area contributed by atoms with Crippen LogP contribution in [0.3, 0.4) is 0 Å². The lowest BCUT2D eigenvalue weighted by Crippen LogP contribution is -2.30. The molecule has 0 spiro atoms. The van der Waals surface area contributed by atoms with Crippen LogP contribution in [0.2, 0.25) is 0 Å². The van der Waals surface area contributed by atoms with Crippen LogP contribution in [0.4, 0.5) is 0 Å². The smallest absolute Gasteiger partial charge is 0.306 e. The van der Waals surface area contributed by atoms with Crippen LogP contribution < -0.4 is 0 Å². The molecule has 0 radical (unpaired) electrons. The van der Waals surface area contributed by atoms with E-state index in [1.807, 2.05) is 0 Å². The number of rotatable bonds is 57. The van der Waals surface area contributed by atoms with E-state index >= 15 is 0 Å². The Balaban J connectivity index is 4.03. The average molecular weight is 972 g/mol. The zero-order valence-electron chi connectivity index (χ0n) is 46.6. The number of hydrogen-bond donors (Lipinski definition) is 0. The van der Waals surface area contributed by atoms with Crippen LogP contribution in [-0.2, 0) is 28.6 Å². The van der Waals surface area contributed by atoms with E-state index in [4.69, 9.17) is 14.2 Å². The van der Waals surface area contributed by atoms with Gasteiger partial charge in [-0.25, -0.2) is 0 Å². The van der Waals surface area contributed by atoms with E-state index in [-0.39, 0.29) is 31.1 Å². The zero-order valence-corrected chi connectivity index (χ0v) is 46.6. The number of carbonyl (C=O) groups excluding carboxylic acids is 3. The standard InChI is InChI=1S/C63H118O6/c1-4-7-10-13-16-19-21-23-24-25-26-27-28-29-30-31-32-33-34-35-36-37-38-40-41-44-47-50-53-56-62(65)68-59-60(58-67-61(64)55-52-49-46-43-18-15-12-9-6-3)69-63(66)57-54-51-48-45-42-39-22-20-17-14-11-8-5-2/h11,14,20,22,60H,4-10,12-13,15-19,21,23-59H2,1-3H3/b14-11-,22-20-. The van der Waals surface area contributed by atoms with E-state index in [0.717, 1.165) is 89.9 Å². The van der Waals surface area contributed by atoms with Gasteiger partial charge >= 0.3 is 17.9 Å². The first-order valence-electron chi connectivity index (χ1n) is 30.8. The summed E-state index contributed by atoms with van der Waals surface area (Å²) in [6.07, 6.45) is 69.3. The maximum Gasteiger partial charge on any atom is 0.306 e. The number of carbonyl (C=O) groups is 3. The minimum absolute atomic E-state index is 0.0721. The molecule has 1 atom stereocenters. The van der Waals surface area contributed by atoms with Crippen molar-refractivity contribution in [2.24, 2.45) is 0 Å². The molecule has 0 amide bonds. The molecule has 1 unspecified atom stereocenters. The van der Waals surface area contributed by atoms with Crippen LogP contribution in [0.5, 0.6) is 0 Å². The predicted octanol–water partition coefficient (Wildman–Crippen LogP) is 20.7. The van der Waals surface area contributed by atoms with Crippen molar-refractivity contribution in [3.8, 4) is 0 Å². The quantitative estimate of drug-likeness (QED) is 0.0261. The maximum atomic E-state index is 12.8. The summed E-state index contributed by atoms with van der Waals surface area (Å²) in [5.41, 5.74) is 0. The van der Waals surface area contributed by atoms with Crippen LogP contribution in [0, 0.1) is 0 Å². The van der Waals surface area contributed by atoms with Crippen molar-refractivity contribution in [3.63, 3.8) is 0 Å². The topological polar surface area (TPSA) is 78.9 Å². The predicted molar refractivity (Wildman–Crippen MR) is 298 cm³/mol. The molecule has 406 valence electrons. The van der Waals surface area contributed by atoms with Crippen LogP contribution in [0.15, 0.2) is 24.3 Å². The van der Waals surface area contributed by atoms with Crippen molar-refractivity contribution in [1.29, 1.82) is 0 Å². The Kier molecular flexibility index (Phi) is 56.7. The summed E-state index contributed by atoms with van der Waals surface area (Å²) in [6.45, 7) is 6.59. The lowest BCUT2D eigenvalue weighted by molar-refractivity contribution is -0.167. The van der Waals surface area contributed by atoms with Gasteiger partial charge < -0.3 is 14.2 Å². The van der Waals surface area contributed by atoms with Gasteiger partial charge in [0.1, 0.15) is 13.2 Å². The van der Waals surface area contributed by atoms with Gasteiger partial charge in [-0.05, 0) is 44.9 Å². The molecule has 0 N–H and O–H groups in total.